The van der Waals surface area contributed by atoms with Crippen LogP contribution in [0, 0.1) is 6.92 Å². The number of aryl methyl sites for hydroxylation is 1. The van der Waals surface area contributed by atoms with E-state index in [1.165, 1.54) is 38.5 Å². The first-order chi connectivity index (χ1) is 9.81. The number of hydrogen-bond acceptors (Lipinski definition) is 0. The van der Waals surface area contributed by atoms with E-state index in [9.17, 15) is 0 Å². The molecule has 3 aromatic carbocycles. The van der Waals surface area contributed by atoms with Gasteiger partial charge in [-0.3, -0.25) is 0 Å². The predicted octanol–water partition coefficient (Wildman–Crippen LogP) is 5.30. The summed E-state index contributed by atoms with van der Waals surface area (Å²) in [5, 5.41) is 3.83. The van der Waals surface area contributed by atoms with Gasteiger partial charge in [-0.25, -0.2) is 0 Å². The first-order valence-electron chi connectivity index (χ1n) is 6.89. The maximum atomic E-state index is 3.54. The Morgan fingerprint density at radius 3 is 2.55 bits per heavy atom. The van der Waals surface area contributed by atoms with E-state index < -0.39 is 0 Å². The van der Waals surface area contributed by atoms with Gasteiger partial charge in [0.25, 0.3) is 0 Å². The van der Waals surface area contributed by atoms with Gasteiger partial charge in [0.15, 0.2) is 0 Å². The molecule has 0 saturated carbocycles. The molecular formula is C19H15N. The summed E-state index contributed by atoms with van der Waals surface area (Å²) in [7, 11) is 0. The average Bonchev–Trinajstić information content (AvgIpc) is 2.89. The van der Waals surface area contributed by atoms with Gasteiger partial charge < -0.3 is 4.98 Å². The normalized spacial score (nSPS) is 11.2. The van der Waals surface area contributed by atoms with E-state index in [-0.39, 0.29) is 0 Å². The Bertz CT molecular complexity index is 910. The smallest absolute Gasteiger partial charge is 0.0471 e. The molecule has 0 aliphatic heterocycles. The zero-order valence-electron chi connectivity index (χ0n) is 11.4. The van der Waals surface area contributed by atoms with Gasteiger partial charge >= 0.3 is 0 Å². The molecule has 96 valence electrons. The van der Waals surface area contributed by atoms with Crippen LogP contribution in [-0.4, -0.2) is 4.98 Å². The minimum atomic E-state index is 1.18. The zero-order chi connectivity index (χ0) is 13.5. The lowest BCUT2D eigenvalue weighted by Crippen LogP contribution is -1.80. The Morgan fingerprint density at radius 1 is 0.750 bits per heavy atom. The third-order valence-corrected chi connectivity index (χ3v) is 3.86. The second-order valence-corrected chi connectivity index (χ2v) is 5.30. The van der Waals surface area contributed by atoms with Crippen molar-refractivity contribution in [3.8, 4) is 11.3 Å². The number of hydrogen-bond donors (Lipinski definition) is 1. The van der Waals surface area contributed by atoms with E-state index in [4.69, 9.17) is 0 Å². The molecule has 0 amide bonds. The molecule has 1 heterocycles. The highest BCUT2D eigenvalue weighted by atomic mass is 14.7. The minimum absolute atomic E-state index is 1.18. The fraction of sp³-hybridized carbons (Fsp3) is 0.0526. The van der Waals surface area contributed by atoms with Crippen LogP contribution < -0.4 is 0 Å². The van der Waals surface area contributed by atoms with Crippen LogP contribution in [0.15, 0.2) is 66.7 Å². The van der Waals surface area contributed by atoms with E-state index in [0.717, 1.165) is 0 Å². The summed E-state index contributed by atoms with van der Waals surface area (Å²) in [5.74, 6) is 0. The molecule has 0 saturated heterocycles. The van der Waals surface area contributed by atoms with E-state index in [1.807, 2.05) is 0 Å². The Labute approximate surface area is 117 Å². The Hall–Kier alpha value is -2.54. The molecule has 0 fully saturated rings. The van der Waals surface area contributed by atoms with Crippen LogP contribution in [0.3, 0.4) is 0 Å². The van der Waals surface area contributed by atoms with Crippen molar-refractivity contribution >= 4 is 21.7 Å². The molecular weight excluding hydrogens is 242 g/mol. The summed E-state index contributed by atoms with van der Waals surface area (Å²) in [6.45, 7) is 2.12. The molecule has 1 heteroatoms. The summed E-state index contributed by atoms with van der Waals surface area (Å²) < 4.78 is 0. The van der Waals surface area contributed by atoms with Crippen molar-refractivity contribution in [1.29, 1.82) is 0 Å². The van der Waals surface area contributed by atoms with Crippen molar-refractivity contribution < 1.29 is 0 Å². The Balaban J connectivity index is 2.01. The molecule has 0 aliphatic carbocycles. The molecule has 0 spiro atoms. The molecule has 0 aliphatic rings. The summed E-state index contributed by atoms with van der Waals surface area (Å²) in [6, 6.07) is 23.7. The third-order valence-electron chi connectivity index (χ3n) is 3.86. The van der Waals surface area contributed by atoms with E-state index in [0.29, 0.717) is 0 Å². The zero-order valence-corrected chi connectivity index (χ0v) is 11.4. The molecule has 20 heavy (non-hydrogen) atoms. The largest absolute Gasteiger partial charge is 0.355 e. The van der Waals surface area contributed by atoms with Crippen molar-refractivity contribution in [2.24, 2.45) is 0 Å². The molecule has 1 N–H and O–H groups in total. The Kier molecular flexibility index (Phi) is 2.40. The van der Waals surface area contributed by atoms with Gasteiger partial charge in [0.2, 0.25) is 0 Å². The molecule has 0 bridgehead atoms. The summed E-state index contributed by atoms with van der Waals surface area (Å²) in [4.78, 5) is 3.54. The van der Waals surface area contributed by atoms with Crippen molar-refractivity contribution in [2.75, 3.05) is 0 Å². The van der Waals surface area contributed by atoms with Crippen molar-refractivity contribution in [2.45, 2.75) is 6.92 Å². The van der Waals surface area contributed by atoms with E-state index in [2.05, 4.69) is 78.6 Å². The monoisotopic (exact) mass is 257 g/mol. The summed E-state index contributed by atoms with van der Waals surface area (Å²) in [5.41, 5.74) is 4.93. The van der Waals surface area contributed by atoms with Crippen LogP contribution in [0.5, 0.6) is 0 Å². The van der Waals surface area contributed by atoms with Crippen LogP contribution in [0.2, 0.25) is 0 Å². The second kappa shape index (κ2) is 4.24. The summed E-state index contributed by atoms with van der Waals surface area (Å²) >= 11 is 0. The van der Waals surface area contributed by atoms with Crippen LogP contribution in [0.25, 0.3) is 32.9 Å². The molecule has 1 aromatic heterocycles. The van der Waals surface area contributed by atoms with Crippen LogP contribution >= 0.6 is 0 Å². The fourth-order valence-electron chi connectivity index (χ4n) is 2.85. The maximum Gasteiger partial charge on any atom is 0.0471 e. The number of fused-ring (bicyclic) bond motifs is 2. The number of benzene rings is 3. The second-order valence-electron chi connectivity index (χ2n) is 5.30. The standard InChI is InChI=1S/C19H15N/c1-13-9-10-15-12-19(20-18(15)11-13)17-8-4-6-14-5-2-3-7-16(14)17/h2-12,20H,1H3. The van der Waals surface area contributed by atoms with Crippen LogP contribution in [0.4, 0.5) is 0 Å². The SMILES string of the molecule is Cc1ccc2cc(-c3cccc4ccccc34)[nH]c2c1. The molecule has 4 rings (SSSR count). The topological polar surface area (TPSA) is 15.8 Å². The molecule has 0 radical (unpaired) electrons. The van der Waals surface area contributed by atoms with Crippen molar-refractivity contribution in [3.05, 3.63) is 72.3 Å². The average molecular weight is 257 g/mol. The first-order valence-corrected chi connectivity index (χ1v) is 6.89. The number of H-pyrrole nitrogens is 1. The van der Waals surface area contributed by atoms with Gasteiger partial charge in [0, 0.05) is 22.2 Å². The first kappa shape index (κ1) is 11.3. The van der Waals surface area contributed by atoms with Crippen LogP contribution in [0.1, 0.15) is 5.56 Å². The third kappa shape index (κ3) is 1.71. The molecule has 0 unspecified atom stereocenters. The number of aromatic amines is 1. The van der Waals surface area contributed by atoms with Crippen molar-refractivity contribution in [1.82, 2.24) is 4.98 Å². The predicted molar refractivity (Wildman–Crippen MR) is 86.0 cm³/mol. The van der Waals surface area contributed by atoms with Gasteiger partial charge in [-0.1, -0.05) is 54.6 Å². The minimum Gasteiger partial charge on any atom is -0.355 e. The number of rotatable bonds is 1. The lowest BCUT2D eigenvalue weighted by atomic mass is 10.0. The van der Waals surface area contributed by atoms with Gasteiger partial charge in [0.05, 0.1) is 0 Å². The van der Waals surface area contributed by atoms with Crippen LogP contribution in [-0.2, 0) is 0 Å². The van der Waals surface area contributed by atoms with Gasteiger partial charge in [-0.05, 0) is 35.4 Å². The highest BCUT2D eigenvalue weighted by molar-refractivity contribution is 5.98. The van der Waals surface area contributed by atoms with Gasteiger partial charge in [-0.15, -0.1) is 0 Å². The van der Waals surface area contributed by atoms with E-state index in [1.54, 1.807) is 0 Å². The van der Waals surface area contributed by atoms with Gasteiger partial charge in [0.1, 0.15) is 0 Å². The van der Waals surface area contributed by atoms with Crippen molar-refractivity contribution in [3.63, 3.8) is 0 Å². The quantitative estimate of drug-likeness (QED) is 0.476. The highest BCUT2D eigenvalue weighted by Crippen LogP contribution is 2.30. The highest BCUT2D eigenvalue weighted by Gasteiger charge is 2.06. The van der Waals surface area contributed by atoms with Gasteiger partial charge in [-0.2, -0.15) is 0 Å². The number of nitrogens with one attached hydrogen (secondary N) is 1. The molecule has 0 atom stereocenters. The fourth-order valence-corrected chi connectivity index (χ4v) is 2.85. The lowest BCUT2D eigenvalue weighted by Gasteiger charge is -2.04. The molecule has 1 nitrogen and oxygen atoms in total. The maximum absolute atomic E-state index is 3.54. The van der Waals surface area contributed by atoms with E-state index >= 15 is 0 Å². The number of aromatic nitrogens is 1. The summed E-state index contributed by atoms with van der Waals surface area (Å²) in [6.07, 6.45) is 0. The molecule has 4 aromatic rings. The Morgan fingerprint density at radius 2 is 1.60 bits per heavy atom. The lowest BCUT2D eigenvalue weighted by molar-refractivity contribution is 1.44.